The van der Waals surface area contributed by atoms with Crippen molar-refractivity contribution in [1.82, 2.24) is 10.6 Å². The molecule has 0 aliphatic carbocycles. The molecule has 25 heavy (non-hydrogen) atoms. The molecule has 2 amide bonds. The second-order valence-corrected chi connectivity index (χ2v) is 5.84. The van der Waals surface area contributed by atoms with Gasteiger partial charge in [-0.15, -0.1) is 0 Å². The summed E-state index contributed by atoms with van der Waals surface area (Å²) in [5, 5.41) is 13.8. The van der Waals surface area contributed by atoms with Crippen molar-refractivity contribution in [2.75, 3.05) is 13.2 Å². The Balaban J connectivity index is 2.43. The minimum atomic E-state index is -1.08. The number of benzene rings is 1. The Morgan fingerprint density at radius 2 is 1.96 bits per heavy atom. The molecule has 0 aliphatic heterocycles. The highest BCUT2D eigenvalue weighted by atomic mass is 19.1. The molecule has 0 aliphatic rings. The Morgan fingerprint density at radius 3 is 2.52 bits per heavy atom. The molecule has 0 heterocycles. The number of esters is 1. The molecule has 0 bridgehead atoms. The van der Waals surface area contributed by atoms with Gasteiger partial charge < -0.3 is 15.4 Å². The molecule has 1 aromatic rings. The zero-order valence-electron chi connectivity index (χ0n) is 14.3. The Kier molecular flexibility index (Phi) is 7.06. The third-order valence-electron chi connectivity index (χ3n) is 3.66. The topological polar surface area (TPSA) is 108 Å². The molecule has 1 aromatic carbocycles. The molecule has 7 nitrogen and oxygen atoms in total. The maximum absolute atomic E-state index is 13.4. The van der Waals surface area contributed by atoms with E-state index < -0.39 is 42.3 Å². The monoisotopic (exact) mass is 349 g/mol. The van der Waals surface area contributed by atoms with E-state index in [-0.39, 0.29) is 11.5 Å². The van der Waals surface area contributed by atoms with Crippen LogP contribution in [-0.2, 0) is 14.3 Å². The van der Waals surface area contributed by atoms with Gasteiger partial charge in [-0.05, 0) is 25.0 Å². The average molecular weight is 349 g/mol. The fraction of sp³-hybridized carbons (Fsp3) is 0.412. The number of hydrogen-bond acceptors (Lipinski definition) is 5. The van der Waals surface area contributed by atoms with E-state index in [2.05, 4.69) is 10.6 Å². The summed E-state index contributed by atoms with van der Waals surface area (Å²) in [5.41, 5.74) is -1.28. The summed E-state index contributed by atoms with van der Waals surface area (Å²) in [6.45, 7) is 4.01. The van der Waals surface area contributed by atoms with Crippen molar-refractivity contribution in [1.29, 1.82) is 5.26 Å². The predicted octanol–water partition coefficient (Wildman–Crippen LogP) is 1.15. The van der Waals surface area contributed by atoms with E-state index in [0.29, 0.717) is 0 Å². The third kappa shape index (κ3) is 5.88. The number of carbonyl (C=O) groups excluding carboxylic acids is 3. The highest BCUT2D eigenvalue weighted by molar-refractivity contribution is 5.96. The molecule has 0 saturated carbocycles. The largest absolute Gasteiger partial charge is 0.454 e. The lowest BCUT2D eigenvalue weighted by Crippen LogP contribution is -2.50. The number of nitrogens with zero attached hydrogens (tertiary/aromatic N) is 1. The van der Waals surface area contributed by atoms with Crippen molar-refractivity contribution in [3.05, 3.63) is 35.6 Å². The molecule has 0 aromatic heterocycles. The van der Waals surface area contributed by atoms with Gasteiger partial charge in [-0.2, -0.15) is 5.26 Å². The first-order valence-corrected chi connectivity index (χ1v) is 7.60. The maximum Gasteiger partial charge on any atom is 0.325 e. The van der Waals surface area contributed by atoms with Gasteiger partial charge >= 0.3 is 5.97 Å². The molecule has 0 radical (unpaired) electrons. The van der Waals surface area contributed by atoms with Crippen LogP contribution in [0.5, 0.6) is 0 Å². The van der Waals surface area contributed by atoms with Crippen LogP contribution in [0.15, 0.2) is 24.3 Å². The number of carbonyl (C=O) groups is 3. The molecule has 0 fully saturated rings. The Labute approximate surface area is 145 Å². The number of rotatable bonds is 7. The van der Waals surface area contributed by atoms with Crippen LogP contribution < -0.4 is 10.6 Å². The van der Waals surface area contributed by atoms with E-state index in [0.717, 1.165) is 6.07 Å². The number of nitriles is 1. The van der Waals surface area contributed by atoms with E-state index in [1.54, 1.807) is 20.8 Å². The van der Waals surface area contributed by atoms with Crippen molar-refractivity contribution in [2.24, 2.45) is 5.92 Å². The molecule has 0 unspecified atom stereocenters. The fourth-order valence-corrected chi connectivity index (χ4v) is 1.72. The fourth-order valence-electron chi connectivity index (χ4n) is 1.72. The van der Waals surface area contributed by atoms with Gasteiger partial charge in [0.15, 0.2) is 6.61 Å². The highest BCUT2D eigenvalue weighted by Crippen LogP contribution is 2.14. The summed E-state index contributed by atoms with van der Waals surface area (Å²) in [4.78, 5) is 35.1. The summed E-state index contributed by atoms with van der Waals surface area (Å²) in [7, 11) is 0. The minimum Gasteiger partial charge on any atom is -0.454 e. The van der Waals surface area contributed by atoms with Crippen LogP contribution in [0, 0.1) is 23.1 Å². The van der Waals surface area contributed by atoms with Gasteiger partial charge in [0.2, 0.25) is 0 Å². The van der Waals surface area contributed by atoms with Crippen molar-refractivity contribution in [2.45, 2.75) is 26.3 Å². The molecular formula is C17H20FN3O4. The molecule has 8 heteroatoms. The van der Waals surface area contributed by atoms with Gasteiger partial charge in [0.05, 0.1) is 11.6 Å². The Hall–Kier alpha value is -2.95. The second kappa shape index (κ2) is 8.78. The first-order chi connectivity index (χ1) is 11.7. The van der Waals surface area contributed by atoms with E-state index in [4.69, 9.17) is 10.00 Å². The van der Waals surface area contributed by atoms with E-state index in [9.17, 15) is 18.8 Å². The normalized spacial score (nSPS) is 12.6. The van der Waals surface area contributed by atoms with Gasteiger partial charge in [-0.25, -0.2) is 4.39 Å². The number of amides is 2. The van der Waals surface area contributed by atoms with Crippen molar-refractivity contribution < 1.29 is 23.5 Å². The van der Waals surface area contributed by atoms with Crippen LogP contribution in [0.1, 0.15) is 31.1 Å². The molecule has 2 N–H and O–H groups in total. The molecule has 1 atom stereocenters. The molecule has 134 valence electrons. The van der Waals surface area contributed by atoms with Gasteiger partial charge in [0.1, 0.15) is 17.9 Å². The number of nitrogens with one attached hydrogen (secondary N) is 2. The lowest BCUT2D eigenvalue weighted by molar-refractivity contribution is -0.147. The van der Waals surface area contributed by atoms with Crippen LogP contribution in [0.4, 0.5) is 4.39 Å². The van der Waals surface area contributed by atoms with Gasteiger partial charge in [0.25, 0.3) is 11.8 Å². The summed E-state index contributed by atoms with van der Waals surface area (Å²) >= 11 is 0. The smallest absolute Gasteiger partial charge is 0.325 e. The minimum absolute atomic E-state index is 0.141. The predicted molar refractivity (Wildman–Crippen MR) is 86.7 cm³/mol. The summed E-state index contributed by atoms with van der Waals surface area (Å²) < 4.78 is 18.1. The van der Waals surface area contributed by atoms with E-state index in [1.807, 2.05) is 6.07 Å². The third-order valence-corrected chi connectivity index (χ3v) is 3.66. The average Bonchev–Trinajstić information content (AvgIpc) is 2.57. The maximum atomic E-state index is 13.4. The van der Waals surface area contributed by atoms with Crippen LogP contribution in [-0.4, -0.2) is 36.5 Å². The summed E-state index contributed by atoms with van der Waals surface area (Å²) in [6.07, 6.45) is 0. The summed E-state index contributed by atoms with van der Waals surface area (Å²) in [6, 6.07) is 7.32. The number of ether oxygens (including phenoxy) is 1. The first kappa shape index (κ1) is 20.1. The van der Waals surface area contributed by atoms with Crippen molar-refractivity contribution in [3.8, 4) is 6.07 Å². The Bertz CT molecular complexity index is 699. The van der Waals surface area contributed by atoms with Gasteiger partial charge in [-0.3, -0.25) is 14.4 Å². The zero-order valence-corrected chi connectivity index (χ0v) is 14.3. The van der Waals surface area contributed by atoms with Crippen LogP contribution in [0.2, 0.25) is 0 Å². The first-order valence-electron chi connectivity index (χ1n) is 7.60. The molecule has 1 rings (SSSR count). The van der Waals surface area contributed by atoms with Crippen molar-refractivity contribution >= 4 is 17.8 Å². The zero-order chi connectivity index (χ0) is 19.0. The lowest BCUT2D eigenvalue weighted by Gasteiger charge is -2.27. The van der Waals surface area contributed by atoms with E-state index in [1.165, 1.54) is 18.2 Å². The molecule has 0 spiro atoms. The quantitative estimate of drug-likeness (QED) is 0.718. The molecule has 0 saturated heterocycles. The van der Waals surface area contributed by atoms with Crippen molar-refractivity contribution in [3.63, 3.8) is 0 Å². The lowest BCUT2D eigenvalue weighted by atomic mass is 9.90. The standard InChI is InChI=1S/C17H20FN3O4/c1-11(2)17(3,10-19)21-14(22)9-25-15(23)8-20-16(24)12-6-4-5-7-13(12)18/h4-7,11H,8-9H2,1-3H3,(H,20,24)(H,21,22)/t17-/m0/s1. The number of halogens is 1. The van der Waals surface area contributed by atoms with Gasteiger partial charge in [-0.1, -0.05) is 26.0 Å². The Morgan fingerprint density at radius 1 is 1.32 bits per heavy atom. The van der Waals surface area contributed by atoms with Crippen LogP contribution >= 0.6 is 0 Å². The SMILES string of the molecule is CC(C)[C@](C)(C#N)NC(=O)COC(=O)CNC(=O)c1ccccc1F. The van der Waals surface area contributed by atoms with E-state index >= 15 is 0 Å². The van der Waals surface area contributed by atoms with Gasteiger partial charge in [0, 0.05) is 0 Å². The molecular weight excluding hydrogens is 329 g/mol. The summed E-state index contributed by atoms with van der Waals surface area (Å²) in [5.74, 6) is -3.11. The number of hydrogen-bond donors (Lipinski definition) is 2. The second-order valence-electron chi connectivity index (χ2n) is 5.84. The van der Waals surface area contributed by atoms with Crippen LogP contribution in [0.25, 0.3) is 0 Å². The highest BCUT2D eigenvalue weighted by Gasteiger charge is 2.30. The van der Waals surface area contributed by atoms with Crippen LogP contribution in [0.3, 0.4) is 0 Å².